The van der Waals surface area contributed by atoms with Crippen LogP contribution in [0.1, 0.15) is 0 Å². The molecule has 5 nitrogen and oxygen atoms in total. The number of H-pyrrole nitrogens is 1. The average molecular weight is 342 g/mol. The van der Waals surface area contributed by atoms with Crippen LogP contribution >= 0.6 is 23.2 Å². The molecular formula is C13H9Cl2N3O2S. The molecule has 2 aromatic carbocycles. The summed E-state index contributed by atoms with van der Waals surface area (Å²) in [7, 11) is -3.85. The maximum atomic E-state index is 12.5. The molecule has 0 fully saturated rings. The van der Waals surface area contributed by atoms with Gasteiger partial charge in [-0.1, -0.05) is 35.3 Å². The van der Waals surface area contributed by atoms with Crippen molar-refractivity contribution in [2.75, 3.05) is 4.72 Å². The molecule has 3 aromatic rings. The third-order valence-corrected chi connectivity index (χ3v) is 4.99. The van der Waals surface area contributed by atoms with E-state index in [1.165, 1.54) is 18.2 Å². The van der Waals surface area contributed by atoms with Crippen molar-refractivity contribution in [2.45, 2.75) is 4.90 Å². The van der Waals surface area contributed by atoms with Crippen molar-refractivity contribution < 1.29 is 8.42 Å². The number of hydrogen-bond acceptors (Lipinski definition) is 3. The van der Waals surface area contributed by atoms with Gasteiger partial charge in [-0.2, -0.15) is 5.10 Å². The maximum Gasteiger partial charge on any atom is 0.263 e. The van der Waals surface area contributed by atoms with Gasteiger partial charge in [0, 0.05) is 10.4 Å². The third kappa shape index (κ3) is 2.70. The highest BCUT2D eigenvalue weighted by Crippen LogP contribution is 2.28. The van der Waals surface area contributed by atoms with Crippen LogP contribution < -0.4 is 4.72 Å². The summed E-state index contributed by atoms with van der Waals surface area (Å²) in [5.74, 6) is 0. The standard InChI is InChI=1S/C13H9Cl2N3O2S/c14-9-4-5-10(15)12(6-9)21(19,20)18-11-3-1-2-8-7-16-17-13(8)11/h1-7,18H,(H,16,17). The van der Waals surface area contributed by atoms with Gasteiger partial charge in [0.15, 0.2) is 0 Å². The molecule has 0 aliphatic heterocycles. The number of aromatic amines is 1. The first-order valence-electron chi connectivity index (χ1n) is 5.87. The first-order valence-corrected chi connectivity index (χ1v) is 8.11. The highest BCUT2D eigenvalue weighted by Gasteiger charge is 2.19. The largest absolute Gasteiger partial charge is 0.277 e. The predicted molar refractivity (Wildman–Crippen MR) is 83.4 cm³/mol. The van der Waals surface area contributed by atoms with Crippen molar-refractivity contribution in [3.63, 3.8) is 0 Å². The molecule has 0 radical (unpaired) electrons. The van der Waals surface area contributed by atoms with Crippen molar-refractivity contribution in [3.8, 4) is 0 Å². The fourth-order valence-corrected chi connectivity index (χ4v) is 3.77. The molecule has 108 valence electrons. The highest BCUT2D eigenvalue weighted by atomic mass is 35.5. The number of sulfonamides is 1. The number of fused-ring (bicyclic) bond motifs is 1. The van der Waals surface area contributed by atoms with E-state index in [0.29, 0.717) is 16.2 Å². The summed E-state index contributed by atoms with van der Waals surface area (Å²) in [6.07, 6.45) is 1.61. The monoisotopic (exact) mass is 341 g/mol. The zero-order valence-electron chi connectivity index (χ0n) is 10.5. The number of nitrogens with one attached hydrogen (secondary N) is 2. The van der Waals surface area contributed by atoms with Crippen LogP contribution in [0.3, 0.4) is 0 Å². The maximum absolute atomic E-state index is 12.5. The Hall–Kier alpha value is -1.76. The predicted octanol–water partition coefficient (Wildman–Crippen LogP) is 3.67. The molecule has 21 heavy (non-hydrogen) atoms. The smallest absolute Gasteiger partial charge is 0.263 e. The molecule has 0 saturated carbocycles. The lowest BCUT2D eigenvalue weighted by molar-refractivity contribution is 0.601. The van der Waals surface area contributed by atoms with Crippen LogP contribution in [-0.4, -0.2) is 18.6 Å². The minimum absolute atomic E-state index is 0.0758. The molecule has 0 unspecified atom stereocenters. The first-order chi connectivity index (χ1) is 9.97. The van der Waals surface area contributed by atoms with Crippen molar-refractivity contribution in [1.29, 1.82) is 0 Å². The number of hydrogen-bond donors (Lipinski definition) is 2. The molecule has 0 aliphatic carbocycles. The Morgan fingerprint density at radius 3 is 2.76 bits per heavy atom. The summed E-state index contributed by atoms with van der Waals surface area (Å²) in [5, 5.41) is 7.83. The van der Waals surface area contributed by atoms with E-state index in [2.05, 4.69) is 14.9 Å². The van der Waals surface area contributed by atoms with Gasteiger partial charge in [0.2, 0.25) is 0 Å². The van der Waals surface area contributed by atoms with E-state index in [0.717, 1.165) is 5.39 Å². The summed E-state index contributed by atoms with van der Waals surface area (Å²) >= 11 is 11.8. The number of halogens is 2. The molecule has 0 spiro atoms. The van der Waals surface area contributed by atoms with Gasteiger partial charge < -0.3 is 0 Å². The Bertz CT molecular complexity index is 922. The second kappa shape index (κ2) is 5.22. The van der Waals surface area contributed by atoms with Gasteiger partial charge in [0.25, 0.3) is 10.0 Å². The Morgan fingerprint density at radius 2 is 1.95 bits per heavy atom. The van der Waals surface area contributed by atoms with E-state index < -0.39 is 10.0 Å². The van der Waals surface area contributed by atoms with Gasteiger partial charge in [-0.3, -0.25) is 9.82 Å². The number of benzene rings is 2. The van der Waals surface area contributed by atoms with Crippen LogP contribution in [0.25, 0.3) is 10.9 Å². The van der Waals surface area contributed by atoms with E-state index in [4.69, 9.17) is 23.2 Å². The van der Waals surface area contributed by atoms with Gasteiger partial charge in [-0.15, -0.1) is 0 Å². The SMILES string of the molecule is O=S(=O)(Nc1cccc2cn[nH]c12)c1cc(Cl)ccc1Cl. The van der Waals surface area contributed by atoms with Gasteiger partial charge in [0.05, 0.1) is 22.4 Å². The lowest BCUT2D eigenvalue weighted by Crippen LogP contribution is -2.13. The minimum Gasteiger partial charge on any atom is -0.277 e. The Morgan fingerprint density at radius 1 is 1.14 bits per heavy atom. The number of para-hydroxylation sites is 1. The van der Waals surface area contributed by atoms with E-state index >= 15 is 0 Å². The topological polar surface area (TPSA) is 74.8 Å². The van der Waals surface area contributed by atoms with E-state index in [9.17, 15) is 8.42 Å². The summed E-state index contributed by atoms with van der Waals surface area (Å²) in [4.78, 5) is -0.0758. The molecule has 0 amide bonds. The molecular weight excluding hydrogens is 333 g/mol. The fraction of sp³-hybridized carbons (Fsp3) is 0. The van der Waals surface area contributed by atoms with Gasteiger partial charge in [-0.25, -0.2) is 8.42 Å². The van der Waals surface area contributed by atoms with Crippen LogP contribution in [0.4, 0.5) is 5.69 Å². The molecule has 2 N–H and O–H groups in total. The first kappa shape index (κ1) is 14.2. The van der Waals surface area contributed by atoms with Crippen LogP contribution in [0.2, 0.25) is 10.0 Å². The minimum atomic E-state index is -3.85. The number of aromatic nitrogens is 2. The zero-order chi connectivity index (χ0) is 15.0. The lowest BCUT2D eigenvalue weighted by atomic mass is 10.2. The van der Waals surface area contributed by atoms with Crippen LogP contribution in [0.5, 0.6) is 0 Å². The van der Waals surface area contributed by atoms with Crippen LogP contribution in [0, 0.1) is 0 Å². The van der Waals surface area contributed by atoms with Crippen LogP contribution in [0.15, 0.2) is 47.5 Å². The zero-order valence-corrected chi connectivity index (χ0v) is 12.8. The Labute approximate surface area is 130 Å². The Balaban J connectivity index is 2.08. The van der Waals surface area contributed by atoms with Gasteiger partial charge in [-0.05, 0) is 24.3 Å². The fourth-order valence-electron chi connectivity index (χ4n) is 1.94. The number of anilines is 1. The number of nitrogens with zero attached hydrogens (tertiary/aromatic N) is 1. The van der Waals surface area contributed by atoms with Crippen molar-refractivity contribution in [2.24, 2.45) is 0 Å². The van der Waals surface area contributed by atoms with Crippen molar-refractivity contribution >= 4 is 49.8 Å². The summed E-state index contributed by atoms with van der Waals surface area (Å²) < 4.78 is 27.4. The lowest BCUT2D eigenvalue weighted by Gasteiger charge is -2.10. The average Bonchev–Trinajstić information content (AvgIpc) is 2.90. The van der Waals surface area contributed by atoms with Crippen molar-refractivity contribution in [1.82, 2.24) is 10.2 Å². The van der Waals surface area contributed by atoms with Gasteiger partial charge in [0.1, 0.15) is 4.90 Å². The van der Waals surface area contributed by atoms with E-state index in [1.54, 1.807) is 18.3 Å². The van der Waals surface area contributed by atoms with E-state index in [1.807, 2.05) is 6.07 Å². The second-order valence-electron chi connectivity index (χ2n) is 4.32. The summed E-state index contributed by atoms with van der Waals surface area (Å²) in [6, 6.07) is 9.46. The van der Waals surface area contributed by atoms with Crippen molar-refractivity contribution in [3.05, 3.63) is 52.6 Å². The second-order valence-corrected chi connectivity index (χ2v) is 6.81. The highest BCUT2D eigenvalue weighted by molar-refractivity contribution is 7.92. The normalized spacial score (nSPS) is 11.7. The number of rotatable bonds is 3. The quantitative estimate of drug-likeness (QED) is 0.763. The van der Waals surface area contributed by atoms with E-state index in [-0.39, 0.29) is 9.92 Å². The molecule has 8 heteroatoms. The molecule has 0 bridgehead atoms. The summed E-state index contributed by atoms with van der Waals surface area (Å²) in [5.41, 5.74) is 0.986. The summed E-state index contributed by atoms with van der Waals surface area (Å²) in [6.45, 7) is 0. The Kier molecular flexibility index (Phi) is 3.52. The molecule has 0 aliphatic rings. The molecule has 0 atom stereocenters. The van der Waals surface area contributed by atoms with Gasteiger partial charge >= 0.3 is 0 Å². The molecule has 1 aromatic heterocycles. The van der Waals surface area contributed by atoms with Crippen LogP contribution in [-0.2, 0) is 10.0 Å². The molecule has 0 saturated heterocycles. The molecule has 1 heterocycles. The molecule has 3 rings (SSSR count). The third-order valence-electron chi connectivity index (χ3n) is 2.90.